The molecule has 0 radical (unpaired) electrons. The Morgan fingerprint density at radius 3 is 2.64 bits per heavy atom. The highest BCUT2D eigenvalue weighted by Gasteiger charge is 2.57. The number of anilines is 2. The summed E-state index contributed by atoms with van der Waals surface area (Å²) in [6.45, 7) is 3.83. The maximum Gasteiger partial charge on any atom is 0.416 e. The number of halogens is 3. The number of fused-ring (bicyclic) bond motifs is 3. The highest BCUT2D eigenvalue weighted by atomic mass is 19.4. The standard InChI is InChI=1S/C26H28F3N5O2/c1-14(16-5-17(26(27,28)29)7-18(30)6-16)32-23-19-8-22(36-13-25-10-15(11-25)12-25)21(35-2)9-20(19)34-4-3-31-24(34)33-23/h5-9,14-15H,3-4,10-13,30H2,1-2H3,(H,31,32,33). The zero-order valence-electron chi connectivity index (χ0n) is 20.2. The number of alkyl halides is 3. The molecule has 3 saturated carbocycles. The fourth-order valence-corrected chi connectivity index (χ4v) is 5.70. The lowest BCUT2D eigenvalue weighted by atomic mass is 9.45. The lowest BCUT2D eigenvalue weighted by Crippen LogP contribution is -2.55. The van der Waals surface area contributed by atoms with E-state index in [0.29, 0.717) is 40.5 Å². The van der Waals surface area contributed by atoms with Gasteiger partial charge >= 0.3 is 6.18 Å². The first-order valence-electron chi connectivity index (χ1n) is 12.1. The topological polar surface area (TPSA) is 86.7 Å². The zero-order chi connectivity index (χ0) is 25.2. The monoisotopic (exact) mass is 499 g/mol. The first kappa shape index (κ1) is 23.0. The van der Waals surface area contributed by atoms with Gasteiger partial charge < -0.3 is 25.1 Å². The Hall–Kier alpha value is -3.43. The fourth-order valence-electron chi connectivity index (χ4n) is 5.70. The number of nitrogens with one attached hydrogen (secondary N) is 1. The molecule has 0 saturated heterocycles. The maximum atomic E-state index is 13.4. The van der Waals surface area contributed by atoms with Crippen molar-refractivity contribution < 1.29 is 22.6 Å². The Morgan fingerprint density at radius 2 is 1.97 bits per heavy atom. The van der Waals surface area contributed by atoms with E-state index < -0.39 is 17.8 Å². The second-order valence-corrected chi connectivity index (χ2v) is 10.3. The van der Waals surface area contributed by atoms with Gasteiger partial charge in [0.15, 0.2) is 17.0 Å². The summed E-state index contributed by atoms with van der Waals surface area (Å²) in [5, 5.41) is 4.00. The molecule has 2 heterocycles. The second kappa shape index (κ2) is 8.04. The Bertz CT molecular complexity index is 1410. The van der Waals surface area contributed by atoms with Gasteiger partial charge in [0.1, 0.15) is 0 Å². The number of ether oxygens (including phenoxy) is 2. The van der Waals surface area contributed by atoms with Gasteiger partial charge in [-0.1, -0.05) is 0 Å². The predicted molar refractivity (Wildman–Crippen MR) is 130 cm³/mol. The molecule has 0 spiro atoms. The van der Waals surface area contributed by atoms with E-state index in [0.717, 1.165) is 42.0 Å². The minimum absolute atomic E-state index is 0.0416. The molecule has 0 amide bonds. The van der Waals surface area contributed by atoms with Crippen molar-refractivity contribution in [3.63, 3.8) is 0 Å². The van der Waals surface area contributed by atoms with E-state index in [1.807, 2.05) is 12.1 Å². The van der Waals surface area contributed by atoms with Crippen molar-refractivity contribution >= 4 is 22.5 Å². The minimum Gasteiger partial charge on any atom is -0.493 e. The fraction of sp³-hybridized carbons (Fsp3) is 0.462. The average molecular weight is 500 g/mol. The van der Waals surface area contributed by atoms with Gasteiger partial charge in [0.05, 0.1) is 30.8 Å². The van der Waals surface area contributed by atoms with Crippen LogP contribution < -0.4 is 26.0 Å². The third-order valence-corrected chi connectivity index (χ3v) is 7.70. The van der Waals surface area contributed by atoms with E-state index in [2.05, 4.69) is 9.88 Å². The molecule has 1 aliphatic heterocycles. The van der Waals surface area contributed by atoms with Crippen molar-refractivity contribution in [1.82, 2.24) is 9.55 Å². The molecular weight excluding hydrogens is 471 g/mol. The molecule has 3 aromatic rings. The van der Waals surface area contributed by atoms with Gasteiger partial charge in [-0.15, -0.1) is 0 Å². The van der Waals surface area contributed by atoms with Crippen molar-refractivity contribution in [2.75, 3.05) is 31.3 Å². The normalized spacial score (nSPS) is 23.5. The van der Waals surface area contributed by atoms with Crippen LogP contribution >= 0.6 is 0 Å². The molecule has 7 nitrogen and oxygen atoms in total. The summed E-state index contributed by atoms with van der Waals surface area (Å²) in [5.41, 5.74) is 6.99. The summed E-state index contributed by atoms with van der Waals surface area (Å²) in [4.78, 5) is 9.47. The van der Waals surface area contributed by atoms with Gasteiger partial charge in [-0.3, -0.25) is 4.99 Å². The maximum absolute atomic E-state index is 13.4. The molecule has 3 N–H and O–H groups in total. The van der Waals surface area contributed by atoms with Gasteiger partial charge in [-0.05, 0) is 61.9 Å². The van der Waals surface area contributed by atoms with E-state index >= 15 is 0 Å². The summed E-state index contributed by atoms with van der Waals surface area (Å²) in [7, 11) is 1.62. The predicted octanol–water partition coefficient (Wildman–Crippen LogP) is 4.91. The summed E-state index contributed by atoms with van der Waals surface area (Å²) in [6, 6.07) is 6.76. The third-order valence-electron chi connectivity index (χ3n) is 7.70. The van der Waals surface area contributed by atoms with Crippen LogP contribution in [0.1, 0.15) is 43.4 Å². The molecule has 1 atom stereocenters. The summed E-state index contributed by atoms with van der Waals surface area (Å²) >= 11 is 0. The number of methoxy groups -OCH3 is 1. The van der Waals surface area contributed by atoms with Crippen LogP contribution in [0.4, 0.5) is 24.8 Å². The Balaban J connectivity index is 1.45. The Morgan fingerprint density at radius 1 is 1.19 bits per heavy atom. The van der Waals surface area contributed by atoms with Crippen molar-refractivity contribution in [3.8, 4) is 11.5 Å². The second-order valence-electron chi connectivity index (χ2n) is 10.3. The molecule has 1 unspecified atom stereocenters. The van der Waals surface area contributed by atoms with Gasteiger partial charge in [0, 0.05) is 35.6 Å². The summed E-state index contributed by atoms with van der Waals surface area (Å²) in [5.74, 6) is 2.77. The summed E-state index contributed by atoms with van der Waals surface area (Å²) in [6.07, 6.45) is -0.834. The van der Waals surface area contributed by atoms with Crippen molar-refractivity contribution in [2.24, 2.45) is 16.3 Å². The molecule has 7 rings (SSSR count). The van der Waals surface area contributed by atoms with Crippen LogP contribution in [0.15, 0.2) is 35.3 Å². The summed E-state index contributed by atoms with van der Waals surface area (Å²) < 4.78 is 54.1. The smallest absolute Gasteiger partial charge is 0.416 e. The molecule has 1 aromatic heterocycles. The van der Waals surface area contributed by atoms with Gasteiger partial charge in [-0.25, -0.2) is 0 Å². The molecule has 2 bridgehead atoms. The Labute approximate surface area is 206 Å². The molecule has 4 aliphatic rings. The number of hydrogen-bond acceptors (Lipinski definition) is 6. The molecule has 3 fully saturated rings. The lowest BCUT2D eigenvalue weighted by Gasteiger charge is -2.61. The van der Waals surface area contributed by atoms with Gasteiger partial charge in [-0.2, -0.15) is 18.2 Å². The van der Waals surface area contributed by atoms with Gasteiger partial charge in [0.25, 0.3) is 0 Å². The van der Waals surface area contributed by atoms with Crippen LogP contribution in [-0.4, -0.2) is 29.8 Å². The van der Waals surface area contributed by atoms with Crippen molar-refractivity contribution in [2.45, 2.75) is 44.9 Å². The lowest BCUT2D eigenvalue weighted by molar-refractivity contribution is -0.137. The minimum atomic E-state index is -4.49. The SMILES string of the molecule is COc1cc2c(cc1OCC13CC(C1)C3)c(=NC(C)c1cc(N)cc(C(F)(F)F)c1)nc1n2CCN1. The molecule has 3 aliphatic carbocycles. The number of nitrogens with zero attached hydrogens (tertiary/aromatic N) is 3. The van der Waals surface area contributed by atoms with E-state index in [4.69, 9.17) is 25.2 Å². The number of benzene rings is 2. The van der Waals surface area contributed by atoms with Crippen LogP contribution in [0.5, 0.6) is 11.5 Å². The third kappa shape index (κ3) is 3.83. The number of nitrogens with two attached hydrogens (primary N) is 1. The van der Waals surface area contributed by atoms with Crippen LogP contribution in [0.3, 0.4) is 0 Å². The van der Waals surface area contributed by atoms with Crippen molar-refractivity contribution in [1.29, 1.82) is 0 Å². The zero-order valence-corrected chi connectivity index (χ0v) is 20.2. The van der Waals surface area contributed by atoms with E-state index in [-0.39, 0.29) is 5.69 Å². The van der Waals surface area contributed by atoms with E-state index in [1.54, 1.807) is 14.0 Å². The molecule has 36 heavy (non-hydrogen) atoms. The number of rotatable bonds is 6. The largest absolute Gasteiger partial charge is 0.493 e. The first-order valence-corrected chi connectivity index (χ1v) is 12.1. The van der Waals surface area contributed by atoms with Gasteiger partial charge in [0.2, 0.25) is 5.95 Å². The molecule has 2 aromatic carbocycles. The van der Waals surface area contributed by atoms with Crippen LogP contribution in [-0.2, 0) is 12.7 Å². The highest BCUT2D eigenvalue weighted by Crippen LogP contribution is 2.64. The highest BCUT2D eigenvalue weighted by molar-refractivity contribution is 5.83. The average Bonchev–Trinajstić information content (AvgIpc) is 3.24. The Kier molecular flexibility index (Phi) is 5.14. The number of aromatic nitrogens is 2. The first-order chi connectivity index (χ1) is 17.1. The molecule has 190 valence electrons. The molecule has 10 heteroatoms. The number of nitrogen functional groups attached to an aromatic ring is 1. The van der Waals surface area contributed by atoms with E-state index in [9.17, 15) is 13.2 Å². The number of hydrogen-bond donors (Lipinski definition) is 2. The quantitative estimate of drug-likeness (QED) is 0.471. The van der Waals surface area contributed by atoms with Crippen molar-refractivity contribution in [3.05, 3.63) is 46.9 Å². The van der Waals surface area contributed by atoms with Crippen LogP contribution in [0.2, 0.25) is 0 Å². The molecular formula is C26H28F3N5O2. The van der Waals surface area contributed by atoms with Crippen LogP contribution in [0.25, 0.3) is 10.9 Å². The van der Waals surface area contributed by atoms with Crippen LogP contribution in [0, 0.1) is 11.3 Å². The van der Waals surface area contributed by atoms with E-state index in [1.165, 1.54) is 25.3 Å².